The highest BCUT2D eigenvalue weighted by molar-refractivity contribution is 6.02. The fourth-order valence-electron chi connectivity index (χ4n) is 5.08. The molecule has 9 nitrogen and oxygen atoms in total. The first kappa shape index (κ1) is 22.3. The van der Waals surface area contributed by atoms with Crippen LogP contribution in [0.25, 0.3) is 0 Å². The molecule has 2 N–H and O–H groups in total. The number of aromatic nitrogens is 2. The van der Waals surface area contributed by atoms with Crippen LogP contribution in [-0.4, -0.2) is 57.5 Å². The summed E-state index contributed by atoms with van der Waals surface area (Å²) in [5, 5.41) is 22.8. The second-order valence-corrected chi connectivity index (χ2v) is 9.52. The van der Waals surface area contributed by atoms with Crippen molar-refractivity contribution in [1.29, 1.82) is 5.26 Å². The summed E-state index contributed by atoms with van der Waals surface area (Å²) in [6, 6.07) is 7.66. The van der Waals surface area contributed by atoms with Gasteiger partial charge in [-0.05, 0) is 62.6 Å². The fraction of sp³-hybridized carbons (Fsp3) is 0.480. The molecule has 0 aromatic carbocycles. The number of nitriles is 1. The third-order valence-electron chi connectivity index (χ3n) is 7.17. The monoisotopic (exact) mass is 460 g/mol. The molecule has 3 fully saturated rings. The molecule has 176 valence electrons. The zero-order valence-corrected chi connectivity index (χ0v) is 19.2. The average Bonchev–Trinajstić information content (AvgIpc) is 3.63. The molecule has 0 radical (unpaired) electrons. The van der Waals surface area contributed by atoms with Crippen LogP contribution in [0.4, 0.5) is 17.3 Å². The second-order valence-electron chi connectivity index (χ2n) is 9.52. The summed E-state index contributed by atoms with van der Waals surface area (Å²) in [5.41, 5.74) is 1.10. The second kappa shape index (κ2) is 8.69. The maximum Gasteiger partial charge on any atom is 0.255 e. The average molecular weight is 461 g/mol. The minimum Gasteiger partial charge on any atom is -0.391 e. The van der Waals surface area contributed by atoms with Gasteiger partial charge in [0.2, 0.25) is 5.91 Å². The molecule has 9 heteroatoms. The van der Waals surface area contributed by atoms with Crippen molar-refractivity contribution in [2.45, 2.75) is 45.1 Å². The van der Waals surface area contributed by atoms with Crippen molar-refractivity contribution >= 4 is 29.1 Å². The van der Waals surface area contributed by atoms with Gasteiger partial charge in [0.05, 0.1) is 17.7 Å². The van der Waals surface area contributed by atoms with E-state index in [9.17, 15) is 20.0 Å². The molecule has 4 heterocycles. The van der Waals surface area contributed by atoms with Crippen molar-refractivity contribution in [3.05, 3.63) is 41.7 Å². The molecule has 0 unspecified atom stereocenters. The Balaban J connectivity index is 1.30. The topological polar surface area (TPSA) is 122 Å². The lowest BCUT2D eigenvalue weighted by Crippen LogP contribution is -2.42. The van der Waals surface area contributed by atoms with Crippen LogP contribution in [0.1, 0.15) is 48.0 Å². The molecule has 0 spiro atoms. The van der Waals surface area contributed by atoms with Crippen LogP contribution in [0, 0.1) is 29.6 Å². The molecule has 34 heavy (non-hydrogen) atoms. The molecule has 2 aromatic heterocycles. The Morgan fingerprint density at radius 3 is 2.74 bits per heavy atom. The number of aryl methyl sites for hydroxylation is 1. The molecule has 2 aromatic rings. The highest BCUT2D eigenvalue weighted by Gasteiger charge is 2.56. The summed E-state index contributed by atoms with van der Waals surface area (Å²) in [6.07, 6.45) is 6.65. The Morgan fingerprint density at radius 1 is 1.24 bits per heavy atom. The van der Waals surface area contributed by atoms with Crippen molar-refractivity contribution in [2.24, 2.45) is 11.3 Å². The highest BCUT2D eigenvalue weighted by Crippen LogP contribution is 2.51. The van der Waals surface area contributed by atoms with E-state index in [1.807, 2.05) is 6.92 Å². The number of nitrogens with one attached hydrogen (secondary N) is 1. The summed E-state index contributed by atoms with van der Waals surface area (Å²) in [5.74, 6) is 0.996. The zero-order chi connectivity index (χ0) is 23.9. The quantitative estimate of drug-likeness (QED) is 0.703. The molecule has 2 atom stereocenters. The summed E-state index contributed by atoms with van der Waals surface area (Å²) in [4.78, 5) is 38.1. The lowest BCUT2D eigenvalue weighted by atomic mass is 9.83. The zero-order valence-electron chi connectivity index (χ0n) is 19.2. The number of hydrogen-bond donors (Lipinski definition) is 2. The lowest BCUT2D eigenvalue weighted by molar-refractivity contribution is -0.123. The Bertz CT molecular complexity index is 1170. The van der Waals surface area contributed by atoms with Gasteiger partial charge in [-0.1, -0.05) is 0 Å². The van der Waals surface area contributed by atoms with Crippen LogP contribution in [0.5, 0.6) is 0 Å². The number of rotatable bonds is 5. The predicted molar refractivity (Wildman–Crippen MR) is 125 cm³/mol. The minimum absolute atomic E-state index is 0.116. The van der Waals surface area contributed by atoms with Gasteiger partial charge >= 0.3 is 0 Å². The van der Waals surface area contributed by atoms with Crippen LogP contribution >= 0.6 is 0 Å². The number of β-amino-alcohol motifs (C(OH)–C–C–N with tert-alkyl or cyclic N) is 1. The number of aliphatic hydroxyl groups excluding tert-OH is 1. The van der Waals surface area contributed by atoms with Crippen molar-refractivity contribution in [3.8, 4) is 6.07 Å². The first-order chi connectivity index (χ1) is 16.4. The first-order valence-electron chi connectivity index (χ1n) is 11.8. The Hall–Kier alpha value is -3.51. The van der Waals surface area contributed by atoms with Crippen LogP contribution in [-0.2, 0) is 4.79 Å². The van der Waals surface area contributed by atoms with Gasteiger partial charge < -0.3 is 20.2 Å². The van der Waals surface area contributed by atoms with Crippen molar-refractivity contribution < 1.29 is 14.7 Å². The standard InChI is InChI=1S/C25H28N6O3/c1-16-11-21(28-13-20(16)23(33)30-9-2-3-19(32)14-30)29-22-12-18(6-8-27-22)31-10-7-25(15-26,24(31)34)17-4-5-17/h6,8,11-13,17,19,32H,2-5,7,9-10,14H2,1H3,(H,27,28,29)/t19-,25-/m1/s1. The number of piperidine rings is 1. The van der Waals surface area contributed by atoms with Crippen molar-refractivity contribution in [1.82, 2.24) is 14.9 Å². The largest absolute Gasteiger partial charge is 0.391 e. The minimum atomic E-state index is -0.887. The number of carbonyl (C=O) groups is 2. The van der Waals surface area contributed by atoms with Gasteiger partial charge in [-0.25, -0.2) is 9.97 Å². The molecule has 2 saturated heterocycles. The van der Waals surface area contributed by atoms with E-state index in [1.54, 1.807) is 40.4 Å². The number of likely N-dealkylation sites (tertiary alicyclic amines) is 1. The number of anilines is 3. The number of pyridine rings is 2. The number of hydrogen-bond acceptors (Lipinski definition) is 7. The summed E-state index contributed by atoms with van der Waals surface area (Å²) in [7, 11) is 0. The van der Waals surface area contributed by atoms with Gasteiger partial charge in [0, 0.05) is 43.8 Å². The Labute approximate surface area is 198 Å². The van der Waals surface area contributed by atoms with E-state index in [1.165, 1.54) is 0 Å². The number of aliphatic hydroxyl groups is 1. The van der Waals surface area contributed by atoms with E-state index in [0.29, 0.717) is 48.9 Å². The molecule has 3 aliphatic rings. The van der Waals surface area contributed by atoms with Crippen molar-refractivity contribution in [2.75, 3.05) is 29.9 Å². The molecule has 2 amide bonds. The molecular formula is C25H28N6O3. The van der Waals surface area contributed by atoms with Crippen LogP contribution < -0.4 is 10.2 Å². The van der Waals surface area contributed by atoms with Crippen LogP contribution in [0.3, 0.4) is 0 Å². The van der Waals surface area contributed by atoms with Crippen LogP contribution in [0.15, 0.2) is 30.6 Å². The Kier molecular flexibility index (Phi) is 5.70. The van der Waals surface area contributed by atoms with Gasteiger partial charge in [-0.2, -0.15) is 5.26 Å². The lowest BCUT2D eigenvalue weighted by Gasteiger charge is -2.30. The summed E-state index contributed by atoms with van der Waals surface area (Å²) < 4.78 is 0. The summed E-state index contributed by atoms with van der Waals surface area (Å²) in [6.45, 7) is 3.35. The molecule has 2 aliphatic heterocycles. The number of carbonyl (C=O) groups excluding carboxylic acids is 2. The van der Waals surface area contributed by atoms with Gasteiger partial charge in [0.1, 0.15) is 17.1 Å². The highest BCUT2D eigenvalue weighted by atomic mass is 16.3. The van der Waals surface area contributed by atoms with E-state index in [-0.39, 0.29) is 17.7 Å². The molecule has 1 aliphatic carbocycles. The SMILES string of the molecule is Cc1cc(Nc2cc(N3CC[C@@](C#N)(C4CC4)C3=O)ccn2)ncc1C(=O)N1CCC[C@@H](O)C1. The van der Waals surface area contributed by atoms with Gasteiger partial charge in [-0.3, -0.25) is 9.59 Å². The van der Waals surface area contributed by atoms with Gasteiger partial charge in [0.15, 0.2) is 0 Å². The molecule has 5 rings (SSSR count). The molecule has 0 bridgehead atoms. The molecule has 1 saturated carbocycles. The van der Waals surface area contributed by atoms with E-state index in [4.69, 9.17) is 0 Å². The third-order valence-corrected chi connectivity index (χ3v) is 7.17. The van der Waals surface area contributed by atoms with Gasteiger partial charge in [0.25, 0.3) is 5.91 Å². The van der Waals surface area contributed by atoms with E-state index in [2.05, 4.69) is 21.4 Å². The first-order valence-corrected chi connectivity index (χ1v) is 11.8. The third kappa shape index (κ3) is 3.99. The smallest absolute Gasteiger partial charge is 0.255 e. The maximum absolute atomic E-state index is 13.1. The molecular weight excluding hydrogens is 432 g/mol. The number of nitrogens with zero attached hydrogens (tertiary/aromatic N) is 5. The van der Waals surface area contributed by atoms with E-state index < -0.39 is 11.5 Å². The van der Waals surface area contributed by atoms with Crippen molar-refractivity contribution in [3.63, 3.8) is 0 Å². The van der Waals surface area contributed by atoms with Crippen LogP contribution in [0.2, 0.25) is 0 Å². The Morgan fingerprint density at radius 2 is 2.03 bits per heavy atom. The van der Waals surface area contributed by atoms with E-state index >= 15 is 0 Å². The number of amides is 2. The van der Waals surface area contributed by atoms with E-state index in [0.717, 1.165) is 31.2 Å². The normalized spacial score (nSPS) is 24.7. The predicted octanol–water partition coefficient (Wildman–Crippen LogP) is 2.78. The maximum atomic E-state index is 13.1. The summed E-state index contributed by atoms with van der Waals surface area (Å²) >= 11 is 0. The van der Waals surface area contributed by atoms with Gasteiger partial charge in [-0.15, -0.1) is 0 Å². The fourth-order valence-corrected chi connectivity index (χ4v) is 5.08.